The average molecular weight is 226 g/mol. The largest absolute Gasteiger partial charge is 0.465 e. The molecule has 2 fully saturated rings. The van der Waals surface area contributed by atoms with Crippen molar-refractivity contribution in [2.45, 2.75) is 19.1 Å². The van der Waals surface area contributed by atoms with Crippen LogP contribution in [-0.4, -0.2) is 42.3 Å². The second kappa shape index (κ2) is 4.35. The minimum absolute atomic E-state index is 0.0195. The molecule has 5 heteroatoms. The van der Waals surface area contributed by atoms with Gasteiger partial charge in [-0.05, 0) is 19.1 Å². The lowest BCUT2D eigenvalue weighted by molar-refractivity contribution is -0.143. The van der Waals surface area contributed by atoms with Crippen LogP contribution in [0.25, 0.3) is 0 Å². The fraction of sp³-hybridized carbons (Fsp3) is 0.636. The number of epoxide rings is 1. The highest BCUT2D eigenvalue weighted by Gasteiger charge is 2.41. The van der Waals surface area contributed by atoms with Gasteiger partial charge in [-0.2, -0.15) is 0 Å². The predicted octanol–water partition coefficient (Wildman–Crippen LogP) is -0.320. The molecule has 0 spiro atoms. The van der Waals surface area contributed by atoms with Gasteiger partial charge in [-0.15, -0.1) is 0 Å². The van der Waals surface area contributed by atoms with Crippen LogP contribution < -0.4 is 0 Å². The van der Waals surface area contributed by atoms with Crippen molar-refractivity contribution in [1.29, 1.82) is 0 Å². The van der Waals surface area contributed by atoms with E-state index in [0.29, 0.717) is 0 Å². The Balaban J connectivity index is 1.97. The summed E-state index contributed by atoms with van der Waals surface area (Å²) in [6.45, 7) is 1.81. The summed E-state index contributed by atoms with van der Waals surface area (Å²) in [6, 6.07) is 0. The zero-order chi connectivity index (χ0) is 11.7. The molecule has 1 N–H and O–H groups in total. The molecule has 4 atom stereocenters. The van der Waals surface area contributed by atoms with E-state index in [9.17, 15) is 9.59 Å². The number of carbonyl (C=O) groups is 2. The van der Waals surface area contributed by atoms with E-state index in [0.717, 1.165) is 0 Å². The highest BCUT2D eigenvalue weighted by Crippen LogP contribution is 2.25. The molecule has 2 heterocycles. The van der Waals surface area contributed by atoms with Crippen molar-refractivity contribution in [3.63, 3.8) is 0 Å². The van der Waals surface area contributed by atoms with Crippen LogP contribution in [0.4, 0.5) is 0 Å². The third-order valence-corrected chi connectivity index (χ3v) is 2.91. The first-order valence-electron chi connectivity index (χ1n) is 5.28. The van der Waals surface area contributed by atoms with Crippen LogP contribution >= 0.6 is 0 Å². The van der Waals surface area contributed by atoms with Crippen LogP contribution in [0.3, 0.4) is 0 Å². The van der Waals surface area contributed by atoms with Gasteiger partial charge >= 0.3 is 5.97 Å². The molecule has 0 saturated carbocycles. The van der Waals surface area contributed by atoms with Gasteiger partial charge in [-0.25, -0.2) is 0 Å². The molecule has 0 bridgehead atoms. The number of ketones is 1. The van der Waals surface area contributed by atoms with Gasteiger partial charge < -0.3 is 14.6 Å². The molecular weight excluding hydrogens is 212 g/mol. The van der Waals surface area contributed by atoms with Crippen molar-refractivity contribution in [2.75, 3.05) is 13.2 Å². The minimum atomic E-state index is -0.852. The van der Waals surface area contributed by atoms with Gasteiger partial charge in [-0.3, -0.25) is 9.59 Å². The normalized spacial score (nSPS) is 37.8. The summed E-state index contributed by atoms with van der Waals surface area (Å²) in [5.41, 5.74) is 0. The summed E-state index contributed by atoms with van der Waals surface area (Å²) in [5.74, 6) is -2.12. The molecule has 2 aliphatic rings. The van der Waals surface area contributed by atoms with Crippen molar-refractivity contribution in [3.8, 4) is 0 Å². The number of ether oxygens (including phenoxy) is 2. The number of esters is 1. The second-order valence-electron chi connectivity index (χ2n) is 4.12. The number of aliphatic hydroxyl groups is 1. The molecule has 2 aliphatic heterocycles. The smallest absolute Gasteiger partial charge is 0.317 e. The van der Waals surface area contributed by atoms with Crippen molar-refractivity contribution in [2.24, 2.45) is 11.8 Å². The molecule has 4 unspecified atom stereocenters. The summed E-state index contributed by atoms with van der Waals surface area (Å²) in [7, 11) is 0. The first kappa shape index (κ1) is 11.3. The van der Waals surface area contributed by atoms with E-state index in [1.165, 1.54) is 6.08 Å². The van der Waals surface area contributed by atoms with E-state index in [2.05, 4.69) is 0 Å². The lowest BCUT2D eigenvalue weighted by Gasteiger charge is -2.07. The Bertz CT molecular complexity index is 335. The zero-order valence-electron chi connectivity index (χ0n) is 8.96. The number of hydrogen-bond acceptors (Lipinski definition) is 5. The van der Waals surface area contributed by atoms with E-state index in [1.807, 2.05) is 6.92 Å². The van der Waals surface area contributed by atoms with E-state index in [1.54, 1.807) is 6.08 Å². The Morgan fingerprint density at radius 1 is 1.62 bits per heavy atom. The fourth-order valence-corrected chi connectivity index (χ4v) is 1.77. The standard InChI is InChI=1S/C11H14O5/c1-6-9(16-6)3-2-8(13)10-7(4-12)5-15-11(10)14/h2-3,6-7,9-10,12H,4-5H2,1H3. The first-order valence-corrected chi connectivity index (χ1v) is 5.28. The Morgan fingerprint density at radius 2 is 2.31 bits per heavy atom. The van der Waals surface area contributed by atoms with Gasteiger partial charge in [0.25, 0.3) is 0 Å². The van der Waals surface area contributed by atoms with E-state index < -0.39 is 17.8 Å². The molecule has 16 heavy (non-hydrogen) atoms. The van der Waals surface area contributed by atoms with Crippen LogP contribution in [-0.2, 0) is 19.1 Å². The van der Waals surface area contributed by atoms with Crippen LogP contribution in [0, 0.1) is 11.8 Å². The van der Waals surface area contributed by atoms with Gasteiger partial charge in [0, 0.05) is 5.92 Å². The molecule has 2 saturated heterocycles. The number of allylic oxidation sites excluding steroid dienone is 1. The third kappa shape index (κ3) is 2.15. The lowest BCUT2D eigenvalue weighted by Crippen LogP contribution is -2.26. The maximum Gasteiger partial charge on any atom is 0.317 e. The van der Waals surface area contributed by atoms with Gasteiger partial charge in [0.15, 0.2) is 5.78 Å². The van der Waals surface area contributed by atoms with Gasteiger partial charge in [0.05, 0.1) is 19.3 Å². The highest BCUT2D eigenvalue weighted by atomic mass is 16.6. The number of cyclic esters (lactones) is 1. The van der Waals surface area contributed by atoms with Gasteiger partial charge in [-0.1, -0.05) is 0 Å². The molecule has 0 aromatic carbocycles. The number of hydrogen-bond donors (Lipinski definition) is 1. The quantitative estimate of drug-likeness (QED) is 0.308. The first-order chi connectivity index (χ1) is 7.63. The minimum Gasteiger partial charge on any atom is -0.465 e. The zero-order valence-corrected chi connectivity index (χ0v) is 8.96. The number of carbonyl (C=O) groups excluding carboxylic acids is 2. The van der Waals surface area contributed by atoms with Crippen molar-refractivity contribution < 1.29 is 24.2 Å². The van der Waals surface area contributed by atoms with Gasteiger partial charge in [0.2, 0.25) is 0 Å². The number of aliphatic hydroxyl groups excluding tert-OH is 1. The fourth-order valence-electron chi connectivity index (χ4n) is 1.77. The van der Waals surface area contributed by atoms with E-state index in [-0.39, 0.29) is 31.2 Å². The Kier molecular flexibility index (Phi) is 3.07. The maximum absolute atomic E-state index is 11.7. The van der Waals surface area contributed by atoms with Crippen LogP contribution in [0.2, 0.25) is 0 Å². The second-order valence-corrected chi connectivity index (χ2v) is 4.12. The summed E-state index contributed by atoms with van der Waals surface area (Å²) >= 11 is 0. The summed E-state index contributed by atoms with van der Waals surface area (Å²) < 4.78 is 9.85. The molecule has 2 rings (SSSR count). The maximum atomic E-state index is 11.7. The average Bonchev–Trinajstić information content (AvgIpc) is 2.83. The van der Waals surface area contributed by atoms with Crippen LogP contribution in [0.15, 0.2) is 12.2 Å². The SMILES string of the molecule is CC1OC1C=CC(=O)C1C(=O)OCC1CO. The molecule has 0 radical (unpaired) electrons. The van der Waals surface area contributed by atoms with Crippen molar-refractivity contribution >= 4 is 11.8 Å². The molecule has 0 amide bonds. The molecule has 5 nitrogen and oxygen atoms in total. The predicted molar refractivity (Wildman–Crippen MR) is 53.5 cm³/mol. The molecule has 0 aliphatic carbocycles. The van der Waals surface area contributed by atoms with E-state index >= 15 is 0 Å². The summed E-state index contributed by atoms with van der Waals surface area (Å²) in [6.07, 6.45) is 3.13. The topological polar surface area (TPSA) is 76.1 Å². The number of rotatable bonds is 4. The molecular formula is C11H14O5. The molecule has 88 valence electrons. The monoisotopic (exact) mass is 226 g/mol. The Labute approximate surface area is 93.0 Å². The highest BCUT2D eigenvalue weighted by molar-refractivity contribution is 6.06. The van der Waals surface area contributed by atoms with Gasteiger partial charge in [0.1, 0.15) is 12.0 Å². The molecule has 0 aromatic rings. The van der Waals surface area contributed by atoms with Crippen LogP contribution in [0.1, 0.15) is 6.92 Å². The molecule has 0 aromatic heterocycles. The van der Waals surface area contributed by atoms with Crippen LogP contribution in [0.5, 0.6) is 0 Å². The van der Waals surface area contributed by atoms with Crippen molar-refractivity contribution in [1.82, 2.24) is 0 Å². The lowest BCUT2D eigenvalue weighted by atomic mass is 9.91. The van der Waals surface area contributed by atoms with Crippen molar-refractivity contribution in [3.05, 3.63) is 12.2 Å². The Morgan fingerprint density at radius 3 is 2.88 bits per heavy atom. The summed E-state index contributed by atoms with van der Waals surface area (Å²) in [4.78, 5) is 23.0. The summed E-state index contributed by atoms with van der Waals surface area (Å²) in [5, 5.41) is 9.00. The third-order valence-electron chi connectivity index (χ3n) is 2.91. The Hall–Kier alpha value is -1.20. The van der Waals surface area contributed by atoms with E-state index in [4.69, 9.17) is 14.6 Å².